The summed E-state index contributed by atoms with van der Waals surface area (Å²) >= 11 is 0. The van der Waals surface area contributed by atoms with Crippen molar-refractivity contribution < 1.29 is 4.79 Å². The number of H-pyrrole nitrogens is 1. The summed E-state index contributed by atoms with van der Waals surface area (Å²) in [5.41, 5.74) is 1.64. The lowest BCUT2D eigenvalue weighted by Crippen LogP contribution is -2.23. The summed E-state index contributed by atoms with van der Waals surface area (Å²) in [4.78, 5) is 11.6. The molecule has 2 aromatic rings. The van der Waals surface area contributed by atoms with Crippen molar-refractivity contribution in [2.24, 2.45) is 5.92 Å². The Balaban J connectivity index is 1.61. The zero-order valence-electron chi connectivity index (χ0n) is 9.81. The number of hydrogen-bond donors (Lipinski definition) is 3. The number of anilines is 1. The molecule has 1 fully saturated rings. The van der Waals surface area contributed by atoms with Gasteiger partial charge in [0.1, 0.15) is 0 Å². The number of allylic oxidation sites excluding steroid dienone is 1. The number of amides is 2. The molecule has 1 aliphatic carbocycles. The van der Waals surface area contributed by atoms with E-state index in [0.29, 0.717) is 5.92 Å². The second-order valence-electron chi connectivity index (χ2n) is 4.47. The Bertz CT molecular complexity index is 598. The van der Waals surface area contributed by atoms with Crippen molar-refractivity contribution in [3.63, 3.8) is 0 Å². The SMILES string of the molecule is O=C(N/C=C/C1CC1)Nc1ccc2cn[nH]c2c1. The van der Waals surface area contributed by atoms with Crippen LogP contribution >= 0.6 is 0 Å². The third-order valence-electron chi connectivity index (χ3n) is 2.90. The molecule has 0 saturated heterocycles. The van der Waals surface area contributed by atoms with Gasteiger partial charge in [0.2, 0.25) is 0 Å². The number of nitrogens with one attached hydrogen (secondary N) is 3. The van der Waals surface area contributed by atoms with Crippen LogP contribution in [0.15, 0.2) is 36.7 Å². The average molecular weight is 242 g/mol. The molecule has 2 amide bonds. The largest absolute Gasteiger partial charge is 0.323 e. The van der Waals surface area contributed by atoms with Gasteiger partial charge in [-0.1, -0.05) is 6.08 Å². The van der Waals surface area contributed by atoms with Crippen LogP contribution in [-0.2, 0) is 0 Å². The van der Waals surface area contributed by atoms with E-state index in [0.717, 1.165) is 16.6 Å². The second kappa shape index (κ2) is 4.52. The Kier molecular flexibility index (Phi) is 2.72. The molecule has 18 heavy (non-hydrogen) atoms. The van der Waals surface area contributed by atoms with Gasteiger partial charge in [0.05, 0.1) is 11.7 Å². The van der Waals surface area contributed by atoms with Gasteiger partial charge in [-0.05, 0) is 37.0 Å². The van der Waals surface area contributed by atoms with Gasteiger partial charge in [0, 0.05) is 17.3 Å². The van der Waals surface area contributed by atoms with Gasteiger partial charge in [0.25, 0.3) is 0 Å². The van der Waals surface area contributed by atoms with E-state index in [2.05, 4.69) is 20.8 Å². The second-order valence-corrected chi connectivity index (χ2v) is 4.47. The normalized spacial score (nSPS) is 15.1. The first kappa shape index (κ1) is 10.8. The number of nitrogens with zero attached hydrogens (tertiary/aromatic N) is 1. The molecular formula is C13H14N4O. The smallest absolute Gasteiger partial charge is 0.315 e. The third kappa shape index (κ3) is 2.51. The van der Waals surface area contributed by atoms with Gasteiger partial charge in [-0.25, -0.2) is 4.79 Å². The van der Waals surface area contributed by atoms with E-state index in [9.17, 15) is 4.79 Å². The van der Waals surface area contributed by atoms with Crippen LogP contribution in [0, 0.1) is 5.92 Å². The van der Waals surface area contributed by atoms with Crippen LogP contribution in [0.2, 0.25) is 0 Å². The van der Waals surface area contributed by atoms with E-state index in [-0.39, 0.29) is 6.03 Å². The molecule has 0 unspecified atom stereocenters. The number of aromatic nitrogens is 2. The van der Waals surface area contributed by atoms with Crippen molar-refractivity contribution >= 4 is 22.6 Å². The number of carbonyl (C=O) groups is 1. The molecular weight excluding hydrogens is 228 g/mol. The molecule has 0 spiro atoms. The van der Waals surface area contributed by atoms with Crippen LogP contribution in [0.25, 0.3) is 10.9 Å². The van der Waals surface area contributed by atoms with E-state index in [1.807, 2.05) is 24.3 Å². The van der Waals surface area contributed by atoms with Gasteiger partial charge >= 0.3 is 6.03 Å². The lowest BCUT2D eigenvalue weighted by molar-refractivity contribution is 0.255. The van der Waals surface area contributed by atoms with E-state index >= 15 is 0 Å². The summed E-state index contributed by atoms with van der Waals surface area (Å²) in [5, 5.41) is 13.3. The van der Waals surface area contributed by atoms with Crippen LogP contribution in [0.3, 0.4) is 0 Å². The molecule has 1 aliphatic rings. The summed E-state index contributed by atoms with van der Waals surface area (Å²) in [5.74, 6) is 0.659. The first-order valence-corrected chi connectivity index (χ1v) is 5.98. The number of hydrogen-bond acceptors (Lipinski definition) is 2. The van der Waals surface area contributed by atoms with E-state index in [1.165, 1.54) is 12.8 Å². The Morgan fingerprint density at radius 3 is 3.17 bits per heavy atom. The van der Waals surface area contributed by atoms with Crippen molar-refractivity contribution in [3.05, 3.63) is 36.7 Å². The lowest BCUT2D eigenvalue weighted by atomic mass is 10.2. The Hall–Kier alpha value is -2.30. The fourth-order valence-corrected chi connectivity index (χ4v) is 1.73. The van der Waals surface area contributed by atoms with Crippen LogP contribution < -0.4 is 10.6 Å². The molecule has 1 saturated carbocycles. The zero-order valence-corrected chi connectivity index (χ0v) is 9.81. The summed E-state index contributed by atoms with van der Waals surface area (Å²) in [6.45, 7) is 0. The van der Waals surface area contributed by atoms with Crippen molar-refractivity contribution in [2.45, 2.75) is 12.8 Å². The quantitative estimate of drug-likeness (QED) is 0.774. The summed E-state index contributed by atoms with van der Waals surface area (Å²) in [6.07, 6.45) is 7.95. The molecule has 3 rings (SSSR count). The Labute approximate surface area is 104 Å². The summed E-state index contributed by atoms with van der Waals surface area (Å²) in [6, 6.07) is 5.38. The number of rotatable bonds is 3. The topological polar surface area (TPSA) is 69.8 Å². The fourth-order valence-electron chi connectivity index (χ4n) is 1.73. The first-order valence-electron chi connectivity index (χ1n) is 5.98. The van der Waals surface area contributed by atoms with Gasteiger partial charge in [-0.15, -0.1) is 0 Å². The number of carbonyl (C=O) groups excluding carboxylic acids is 1. The third-order valence-corrected chi connectivity index (χ3v) is 2.90. The highest BCUT2D eigenvalue weighted by atomic mass is 16.2. The molecule has 0 bridgehead atoms. The zero-order chi connectivity index (χ0) is 12.4. The number of aromatic amines is 1. The van der Waals surface area contributed by atoms with Gasteiger partial charge in [-0.2, -0.15) is 5.10 Å². The predicted octanol–water partition coefficient (Wildman–Crippen LogP) is 2.61. The van der Waals surface area contributed by atoms with Gasteiger partial charge in [-0.3, -0.25) is 5.10 Å². The minimum atomic E-state index is -0.231. The first-order chi connectivity index (χ1) is 8.81. The maximum absolute atomic E-state index is 11.6. The molecule has 1 aromatic heterocycles. The molecule has 92 valence electrons. The maximum Gasteiger partial charge on any atom is 0.323 e. The molecule has 0 aliphatic heterocycles. The molecule has 0 radical (unpaired) electrons. The Morgan fingerprint density at radius 1 is 1.44 bits per heavy atom. The molecule has 5 heteroatoms. The lowest BCUT2D eigenvalue weighted by Gasteiger charge is -2.04. The van der Waals surface area contributed by atoms with Crippen molar-refractivity contribution in [3.8, 4) is 0 Å². The minimum Gasteiger partial charge on any atom is -0.315 e. The molecule has 0 atom stereocenters. The van der Waals surface area contributed by atoms with Gasteiger partial charge in [0.15, 0.2) is 0 Å². The number of fused-ring (bicyclic) bond motifs is 1. The highest BCUT2D eigenvalue weighted by Gasteiger charge is 2.17. The standard InChI is InChI=1S/C13H14N4O/c18-13(14-6-5-9-1-2-9)16-11-4-3-10-8-15-17-12(10)7-11/h3-9H,1-2H2,(H,15,17)(H2,14,16,18)/b6-5+. The van der Waals surface area contributed by atoms with Crippen LogP contribution in [0.5, 0.6) is 0 Å². The predicted molar refractivity (Wildman–Crippen MR) is 70.1 cm³/mol. The highest BCUT2D eigenvalue weighted by Crippen LogP contribution is 2.29. The molecule has 3 N–H and O–H groups in total. The van der Waals surface area contributed by atoms with Crippen molar-refractivity contribution in [2.75, 3.05) is 5.32 Å². The van der Waals surface area contributed by atoms with Gasteiger partial charge < -0.3 is 10.6 Å². The van der Waals surface area contributed by atoms with Crippen LogP contribution in [-0.4, -0.2) is 16.2 Å². The average Bonchev–Trinajstić information content (AvgIpc) is 3.06. The minimum absolute atomic E-state index is 0.231. The maximum atomic E-state index is 11.6. The van der Waals surface area contributed by atoms with Crippen molar-refractivity contribution in [1.29, 1.82) is 0 Å². The summed E-state index contributed by atoms with van der Waals surface area (Å²) < 4.78 is 0. The van der Waals surface area contributed by atoms with Crippen LogP contribution in [0.1, 0.15) is 12.8 Å². The number of benzene rings is 1. The molecule has 5 nitrogen and oxygen atoms in total. The highest BCUT2D eigenvalue weighted by molar-refractivity contribution is 5.92. The van der Waals surface area contributed by atoms with E-state index in [1.54, 1.807) is 12.4 Å². The van der Waals surface area contributed by atoms with Crippen molar-refractivity contribution in [1.82, 2.24) is 15.5 Å². The monoisotopic (exact) mass is 242 g/mol. The molecule has 1 heterocycles. The fraction of sp³-hybridized carbons (Fsp3) is 0.231. The summed E-state index contributed by atoms with van der Waals surface area (Å²) in [7, 11) is 0. The Morgan fingerprint density at radius 2 is 2.33 bits per heavy atom. The van der Waals surface area contributed by atoms with E-state index < -0.39 is 0 Å². The van der Waals surface area contributed by atoms with E-state index in [4.69, 9.17) is 0 Å². The van der Waals surface area contributed by atoms with Crippen LogP contribution in [0.4, 0.5) is 10.5 Å². The number of urea groups is 1. The molecule has 1 aromatic carbocycles.